The van der Waals surface area contributed by atoms with Gasteiger partial charge in [-0.25, -0.2) is 18.7 Å². The molecule has 0 aliphatic rings. The van der Waals surface area contributed by atoms with Gasteiger partial charge in [-0.1, -0.05) is 12.1 Å². The fraction of sp³-hybridized carbons (Fsp3) is 0.0909. The van der Waals surface area contributed by atoms with Crippen molar-refractivity contribution in [2.75, 3.05) is 12.4 Å². The first-order valence-electron chi connectivity index (χ1n) is 9.07. The Hall–Kier alpha value is -4.07. The van der Waals surface area contributed by atoms with Gasteiger partial charge in [0.2, 0.25) is 0 Å². The van der Waals surface area contributed by atoms with Gasteiger partial charge in [-0.15, -0.1) is 0 Å². The number of amides is 1. The summed E-state index contributed by atoms with van der Waals surface area (Å²) in [5.41, 5.74) is 3.27. The molecule has 2 aromatic carbocycles. The van der Waals surface area contributed by atoms with E-state index in [4.69, 9.17) is 0 Å². The van der Waals surface area contributed by atoms with Crippen LogP contribution in [0.3, 0.4) is 0 Å². The number of aryl methyl sites for hydroxylation is 1. The minimum atomic E-state index is -0.459. The number of carbonyl (C=O) groups is 2. The summed E-state index contributed by atoms with van der Waals surface area (Å²) in [5, 5.41) is 7.07. The van der Waals surface area contributed by atoms with E-state index >= 15 is 0 Å². The van der Waals surface area contributed by atoms with Gasteiger partial charge in [-0.3, -0.25) is 4.79 Å². The van der Waals surface area contributed by atoms with Crippen molar-refractivity contribution in [2.45, 2.75) is 6.92 Å². The molecule has 1 amide bonds. The molecule has 30 heavy (non-hydrogen) atoms. The normalized spacial score (nSPS) is 10.8. The number of aromatic nitrogens is 3. The number of carbonyl (C=O) groups excluding carboxylic acids is 2. The number of rotatable bonds is 4. The molecule has 1 N–H and O–H groups in total. The average Bonchev–Trinajstić information content (AvgIpc) is 3.20. The fourth-order valence-corrected chi connectivity index (χ4v) is 2.98. The quantitative estimate of drug-likeness (QED) is 0.522. The van der Waals surface area contributed by atoms with Crippen molar-refractivity contribution >= 4 is 23.2 Å². The van der Waals surface area contributed by atoms with Crippen molar-refractivity contribution in [3.05, 3.63) is 83.4 Å². The lowest BCUT2D eigenvalue weighted by Gasteiger charge is -2.06. The van der Waals surface area contributed by atoms with E-state index in [1.54, 1.807) is 61.7 Å². The highest BCUT2D eigenvalue weighted by atomic mass is 19.1. The van der Waals surface area contributed by atoms with Gasteiger partial charge in [0, 0.05) is 23.5 Å². The molecule has 4 aromatic rings. The minimum absolute atomic E-state index is 0.152. The zero-order valence-corrected chi connectivity index (χ0v) is 16.2. The van der Waals surface area contributed by atoms with Crippen LogP contribution < -0.4 is 5.32 Å². The first kappa shape index (κ1) is 19.3. The molecule has 0 saturated carbocycles. The molecule has 0 aliphatic carbocycles. The molecule has 150 valence electrons. The Morgan fingerprint density at radius 1 is 1.07 bits per heavy atom. The van der Waals surface area contributed by atoms with Crippen LogP contribution in [-0.4, -0.2) is 33.6 Å². The highest BCUT2D eigenvalue weighted by Crippen LogP contribution is 2.22. The molecule has 2 aromatic heterocycles. The van der Waals surface area contributed by atoms with E-state index in [9.17, 15) is 14.0 Å². The van der Waals surface area contributed by atoms with E-state index in [2.05, 4.69) is 20.1 Å². The third kappa shape index (κ3) is 3.62. The predicted octanol–water partition coefficient (Wildman–Crippen LogP) is 3.88. The van der Waals surface area contributed by atoms with Gasteiger partial charge in [0.1, 0.15) is 5.82 Å². The van der Waals surface area contributed by atoms with Crippen LogP contribution in [0.15, 0.2) is 60.8 Å². The Bertz CT molecular complexity index is 1270. The third-order valence-corrected chi connectivity index (χ3v) is 4.62. The van der Waals surface area contributed by atoms with Crippen LogP contribution in [-0.2, 0) is 4.74 Å². The highest BCUT2D eigenvalue weighted by molar-refractivity contribution is 6.03. The third-order valence-electron chi connectivity index (χ3n) is 4.62. The monoisotopic (exact) mass is 404 g/mol. The van der Waals surface area contributed by atoms with Crippen LogP contribution in [0.1, 0.15) is 26.4 Å². The van der Waals surface area contributed by atoms with E-state index in [0.29, 0.717) is 33.7 Å². The summed E-state index contributed by atoms with van der Waals surface area (Å²) in [6, 6.07) is 14.5. The molecule has 0 saturated heterocycles. The van der Waals surface area contributed by atoms with Crippen molar-refractivity contribution in [2.24, 2.45) is 0 Å². The van der Waals surface area contributed by atoms with Crippen LogP contribution in [0.25, 0.3) is 16.9 Å². The van der Waals surface area contributed by atoms with Crippen LogP contribution in [0, 0.1) is 12.7 Å². The molecule has 0 fully saturated rings. The molecule has 0 spiro atoms. The van der Waals surface area contributed by atoms with Gasteiger partial charge in [-0.2, -0.15) is 5.10 Å². The van der Waals surface area contributed by atoms with E-state index in [1.165, 1.54) is 17.7 Å². The largest absolute Gasteiger partial charge is 0.465 e. The second kappa shape index (κ2) is 7.75. The van der Waals surface area contributed by atoms with Crippen molar-refractivity contribution in [3.63, 3.8) is 0 Å². The molecule has 0 atom stereocenters. The second-order valence-corrected chi connectivity index (χ2v) is 6.62. The van der Waals surface area contributed by atoms with Gasteiger partial charge >= 0.3 is 5.97 Å². The maximum Gasteiger partial charge on any atom is 0.337 e. The number of hydrogen-bond acceptors (Lipinski definition) is 5. The maximum absolute atomic E-state index is 14.0. The number of nitrogens with one attached hydrogen (secondary N) is 1. The molecular formula is C22H17FN4O3. The molecular weight excluding hydrogens is 387 g/mol. The Balaban J connectivity index is 1.62. The highest BCUT2D eigenvalue weighted by Gasteiger charge is 2.15. The zero-order valence-electron chi connectivity index (χ0n) is 16.2. The van der Waals surface area contributed by atoms with Gasteiger partial charge in [0.15, 0.2) is 11.3 Å². The number of anilines is 1. The number of ether oxygens (including phenoxy) is 1. The lowest BCUT2D eigenvalue weighted by molar-refractivity contribution is 0.0600. The fourth-order valence-electron chi connectivity index (χ4n) is 2.98. The summed E-state index contributed by atoms with van der Waals surface area (Å²) in [7, 11) is 1.30. The molecule has 4 rings (SSSR count). The number of methoxy groups -OCH3 is 1. The Morgan fingerprint density at radius 3 is 2.53 bits per heavy atom. The standard InChI is InChI=1S/C22H17FN4O3/c1-13-3-4-15(11-17(13)23)19-9-10-24-20-12-18(26-27(19)20)21(28)25-16-7-5-14(6-8-16)22(29)30-2/h3-12H,1-2H3,(H,25,28). The van der Waals surface area contributed by atoms with Crippen LogP contribution >= 0.6 is 0 Å². The van der Waals surface area contributed by atoms with E-state index in [-0.39, 0.29) is 11.5 Å². The molecule has 2 heterocycles. The summed E-state index contributed by atoms with van der Waals surface area (Å²) < 4.78 is 20.2. The number of nitrogens with zero attached hydrogens (tertiary/aromatic N) is 3. The first-order valence-corrected chi connectivity index (χ1v) is 9.07. The summed E-state index contributed by atoms with van der Waals surface area (Å²) in [5.74, 6) is -1.22. The lowest BCUT2D eigenvalue weighted by Crippen LogP contribution is -2.13. The Labute approximate surface area is 171 Å². The predicted molar refractivity (Wildman–Crippen MR) is 109 cm³/mol. The maximum atomic E-state index is 14.0. The Morgan fingerprint density at radius 2 is 1.83 bits per heavy atom. The number of benzene rings is 2. The number of fused-ring (bicyclic) bond motifs is 1. The number of hydrogen-bond donors (Lipinski definition) is 1. The molecule has 8 heteroatoms. The molecule has 0 aliphatic heterocycles. The van der Waals surface area contributed by atoms with Crippen LogP contribution in [0.2, 0.25) is 0 Å². The van der Waals surface area contributed by atoms with Crippen molar-refractivity contribution < 1.29 is 18.7 Å². The lowest BCUT2D eigenvalue weighted by atomic mass is 10.1. The van der Waals surface area contributed by atoms with Gasteiger partial charge in [-0.05, 0) is 48.9 Å². The van der Waals surface area contributed by atoms with Crippen molar-refractivity contribution in [1.29, 1.82) is 0 Å². The number of halogens is 1. The SMILES string of the molecule is COC(=O)c1ccc(NC(=O)c2cc3nccc(-c4ccc(C)c(F)c4)n3n2)cc1. The van der Waals surface area contributed by atoms with Crippen molar-refractivity contribution in [3.8, 4) is 11.3 Å². The van der Waals surface area contributed by atoms with Gasteiger partial charge in [0.05, 0.1) is 18.4 Å². The van der Waals surface area contributed by atoms with Gasteiger partial charge < -0.3 is 10.1 Å². The zero-order chi connectivity index (χ0) is 21.3. The van der Waals surface area contributed by atoms with Crippen LogP contribution in [0.5, 0.6) is 0 Å². The number of esters is 1. The second-order valence-electron chi connectivity index (χ2n) is 6.62. The molecule has 0 radical (unpaired) electrons. The van der Waals surface area contributed by atoms with E-state index in [1.807, 2.05) is 0 Å². The summed E-state index contributed by atoms with van der Waals surface area (Å²) in [6.07, 6.45) is 1.58. The summed E-state index contributed by atoms with van der Waals surface area (Å²) in [4.78, 5) is 28.4. The minimum Gasteiger partial charge on any atom is -0.465 e. The average molecular weight is 404 g/mol. The Kier molecular flexibility index (Phi) is 4.97. The van der Waals surface area contributed by atoms with E-state index < -0.39 is 11.9 Å². The van der Waals surface area contributed by atoms with Crippen LogP contribution in [0.4, 0.5) is 10.1 Å². The molecule has 7 nitrogen and oxygen atoms in total. The molecule has 0 bridgehead atoms. The first-order chi connectivity index (χ1) is 14.5. The van der Waals surface area contributed by atoms with Crippen molar-refractivity contribution in [1.82, 2.24) is 14.6 Å². The topological polar surface area (TPSA) is 85.6 Å². The smallest absolute Gasteiger partial charge is 0.337 e. The molecule has 0 unspecified atom stereocenters. The van der Waals surface area contributed by atoms with E-state index in [0.717, 1.165) is 0 Å². The summed E-state index contributed by atoms with van der Waals surface area (Å²) in [6.45, 7) is 1.69. The van der Waals surface area contributed by atoms with Gasteiger partial charge in [0.25, 0.3) is 5.91 Å². The summed E-state index contributed by atoms with van der Waals surface area (Å²) >= 11 is 0.